The van der Waals surface area contributed by atoms with Crippen molar-refractivity contribution in [2.45, 2.75) is 69.0 Å². The summed E-state index contributed by atoms with van der Waals surface area (Å²) in [6.45, 7) is 1.58. The summed E-state index contributed by atoms with van der Waals surface area (Å²) in [5.41, 5.74) is 6.85. The number of alkyl carbamates (subject to hydrolysis) is 1. The van der Waals surface area contributed by atoms with Gasteiger partial charge in [0.25, 0.3) is 5.91 Å². The summed E-state index contributed by atoms with van der Waals surface area (Å²) < 4.78 is 18.4. The second kappa shape index (κ2) is 18.4. The molecule has 57 heavy (non-hydrogen) atoms. The highest BCUT2D eigenvalue weighted by molar-refractivity contribution is 7.99. The Labute approximate surface area is 335 Å². The highest BCUT2D eigenvalue weighted by Crippen LogP contribution is 2.40. The maximum absolute atomic E-state index is 13.2. The number of aliphatic hydroxyl groups is 1. The molecule has 2 saturated heterocycles. The van der Waals surface area contributed by atoms with Crippen LogP contribution in [0.25, 0.3) is 11.1 Å². The highest BCUT2D eigenvalue weighted by atomic mass is 32.2. The van der Waals surface area contributed by atoms with Crippen LogP contribution in [0.1, 0.15) is 60.0 Å². The summed E-state index contributed by atoms with van der Waals surface area (Å²) in [4.78, 5) is 52.1. The van der Waals surface area contributed by atoms with Crippen molar-refractivity contribution >= 4 is 41.3 Å². The molecule has 292 valence electrons. The van der Waals surface area contributed by atoms with Gasteiger partial charge in [0, 0.05) is 35.2 Å². The number of aliphatic hydroxyl groups excluding tert-OH is 1. The number of ether oxygens (including phenoxy) is 3. The first kappa shape index (κ1) is 39.4. The van der Waals surface area contributed by atoms with Gasteiger partial charge in [-0.1, -0.05) is 97.1 Å². The Morgan fingerprint density at radius 3 is 2.25 bits per heavy atom. The van der Waals surface area contributed by atoms with Crippen molar-refractivity contribution in [2.24, 2.45) is 0 Å². The van der Waals surface area contributed by atoms with Gasteiger partial charge in [-0.25, -0.2) is 4.79 Å². The van der Waals surface area contributed by atoms with Crippen molar-refractivity contribution in [3.63, 3.8) is 0 Å². The number of likely N-dealkylation sites (tertiary alicyclic amines) is 1. The number of amides is 4. The molecule has 4 atom stereocenters. The summed E-state index contributed by atoms with van der Waals surface area (Å²) >= 11 is 1.68. The first-order chi connectivity index (χ1) is 27.7. The molecule has 12 heteroatoms. The van der Waals surface area contributed by atoms with E-state index in [1.165, 1.54) is 11.8 Å². The number of carbonyl (C=O) groups excluding carboxylic acids is 4. The van der Waals surface area contributed by atoms with Crippen molar-refractivity contribution in [2.75, 3.05) is 11.1 Å². The molecule has 3 N–H and O–H groups in total. The molecule has 2 fully saturated rings. The number of rotatable bonds is 13. The van der Waals surface area contributed by atoms with Crippen LogP contribution in [0.5, 0.6) is 0 Å². The predicted molar refractivity (Wildman–Crippen MR) is 215 cm³/mol. The van der Waals surface area contributed by atoms with E-state index in [0.29, 0.717) is 12.2 Å². The summed E-state index contributed by atoms with van der Waals surface area (Å²) in [6, 6.07) is 39.3. The molecule has 0 aromatic heterocycles. The van der Waals surface area contributed by atoms with Gasteiger partial charge in [0.05, 0.1) is 31.8 Å². The Balaban J connectivity index is 0.996. The quantitative estimate of drug-likeness (QED) is 0.0809. The number of benzene rings is 5. The number of carbonyl (C=O) groups is 4. The molecule has 2 aliphatic rings. The standard InChI is InChI=1S/C45H43N3O8S/c1-29(50)46-37-18-20-39(21-19-37)57-28-38-23-41(34-12-10-30(26-49)11-13-34)56-44(55-38)35-16-14-33(15-17-35)36-9-5-8-32(22-36)25-48-42(51)24-40(43(48)52)47-45(53)54-27-31-6-3-2-4-7-31/h2-22,38,40-41,44,49H,23-28H2,1H3,(H,46,50)(H,47,53). The minimum Gasteiger partial charge on any atom is -0.445 e. The van der Waals surface area contributed by atoms with Crippen molar-refractivity contribution in [1.29, 1.82) is 0 Å². The van der Waals surface area contributed by atoms with Crippen molar-refractivity contribution in [3.05, 3.63) is 155 Å². The van der Waals surface area contributed by atoms with Crippen LogP contribution in [0.15, 0.2) is 132 Å². The molecule has 2 heterocycles. The largest absolute Gasteiger partial charge is 0.445 e. The molecule has 0 aliphatic carbocycles. The van der Waals surface area contributed by atoms with Gasteiger partial charge in [0.15, 0.2) is 6.29 Å². The zero-order chi connectivity index (χ0) is 39.7. The Morgan fingerprint density at radius 1 is 0.807 bits per heavy atom. The molecule has 2 aliphatic heterocycles. The number of hydrogen-bond acceptors (Lipinski definition) is 9. The molecule has 0 saturated carbocycles. The minimum absolute atomic E-state index is 0.0346. The van der Waals surface area contributed by atoms with E-state index in [9.17, 15) is 24.3 Å². The van der Waals surface area contributed by atoms with Gasteiger partial charge in [-0.05, 0) is 63.7 Å². The molecule has 5 aromatic carbocycles. The van der Waals surface area contributed by atoms with Gasteiger partial charge in [0.1, 0.15) is 12.6 Å². The van der Waals surface area contributed by atoms with Gasteiger partial charge in [-0.15, -0.1) is 11.8 Å². The van der Waals surface area contributed by atoms with Crippen molar-refractivity contribution in [3.8, 4) is 11.1 Å². The summed E-state index contributed by atoms with van der Waals surface area (Å²) in [5, 5.41) is 14.9. The first-order valence-electron chi connectivity index (χ1n) is 18.7. The molecular weight excluding hydrogens is 743 g/mol. The Bertz CT molecular complexity index is 2180. The fourth-order valence-electron chi connectivity index (χ4n) is 6.78. The van der Waals surface area contributed by atoms with Crippen LogP contribution < -0.4 is 10.6 Å². The van der Waals surface area contributed by atoms with Crippen LogP contribution >= 0.6 is 11.8 Å². The van der Waals surface area contributed by atoms with E-state index in [1.807, 2.05) is 127 Å². The summed E-state index contributed by atoms with van der Waals surface area (Å²) in [7, 11) is 0. The lowest BCUT2D eigenvalue weighted by Gasteiger charge is -2.36. The van der Waals surface area contributed by atoms with Crippen LogP contribution in [-0.2, 0) is 48.4 Å². The van der Waals surface area contributed by atoms with Crippen molar-refractivity contribution in [1.82, 2.24) is 10.2 Å². The van der Waals surface area contributed by atoms with Crippen LogP contribution in [-0.4, -0.2) is 51.7 Å². The molecule has 0 radical (unpaired) electrons. The minimum atomic E-state index is -0.985. The second-order valence-electron chi connectivity index (χ2n) is 14.0. The third-order valence-corrected chi connectivity index (χ3v) is 10.9. The van der Waals surface area contributed by atoms with Gasteiger partial charge in [-0.2, -0.15) is 0 Å². The normalized spacial score (nSPS) is 19.3. The van der Waals surface area contributed by atoms with E-state index in [1.54, 1.807) is 11.8 Å². The van der Waals surface area contributed by atoms with Crippen LogP contribution in [0.3, 0.4) is 0 Å². The number of nitrogens with zero attached hydrogens (tertiary/aromatic N) is 1. The van der Waals surface area contributed by atoms with Gasteiger partial charge < -0.3 is 30.0 Å². The average molecular weight is 786 g/mol. The zero-order valence-corrected chi connectivity index (χ0v) is 32.2. The number of nitrogens with one attached hydrogen (secondary N) is 2. The lowest BCUT2D eigenvalue weighted by molar-refractivity contribution is -0.245. The van der Waals surface area contributed by atoms with E-state index in [-0.39, 0.29) is 50.2 Å². The van der Waals surface area contributed by atoms with Crippen LogP contribution in [0.2, 0.25) is 0 Å². The lowest BCUT2D eigenvalue weighted by atomic mass is 9.99. The van der Waals surface area contributed by atoms with Crippen LogP contribution in [0.4, 0.5) is 10.5 Å². The number of hydrogen-bond donors (Lipinski definition) is 3. The van der Waals surface area contributed by atoms with Gasteiger partial charge >= 0.3 is 6.09 Å². The summed E-state index contributed by atoms with van der Waals surface area (Å²) in [5.74, 6) is -0.269. The van der Waals surface area contributed by atoms with Crippen molar-refractivity contribution < 1.29 is 38.5 Å². The molecular formula is C45H43N3O8S. The smallest absolute Gasteiger partial charge is 0.408 e. The molecule has 4 unspecified atom stereocenters. The predicted octanol–water partition coefficient (Wildman–Crippen LogP) is 7.70. The topological polar surface area (TPSA) is 144 Å². The molecule has 0 bridgehead atoms. The monoisotopic (exact) mass is 785 g/mol. The number of thioether (sulfide) groups is 1. The van der Waals surface area contributed by atoms with Gasteiger partial charge in [0.2, 0.25) is 11.8 Å². The SMILES string of the molecule is CC(=O)Nc1ccc(SCC2CC(c3ccc(CO)cc3)OC(c3ccc(-c4cccc(CN5C(=O)CC(NC(=O)OCc6ccccc6)C5=O)c4)cc3)O2)cc1. The number of imide groups is 1. The third-order valence-electron chi connectivity index (χ3n) is 9.76. The molecule has 4 amide bonds. The zero-order valence-electron chi connectivity index (χ0n) is 31.3. The number of anilines is 1. The maximum atomic E-state index is 13.2. The third kappa shape index (κ3) is 10.3. The van der Waals surface area contributed by atoms with E-state index in [0.717, 1.165) is 49.5 Å². The fraction of sp³-hybridized carbons (Fsp3) is 0.244. The average Bonchev–Trinajstić information content (AvgIpc) is 3.49. The molecule has 0 spiro atoms. The lowest BCUT2D eigenvalue weighted by Crippen LogP contribution is -2.41. The van der Waals surface area contributed by atoms with E-state index < -0.39 is 24.3 Å². The molecule has 5 aromatic rings. The van der Waals surface area contributed by atoms with E-state index in [4.69, 9.17) is 14.2 Å². The highest BCUT2D eigenvalue weighted by Gasteiger charge is 2.40. The van der Waals surface area contributed by atoms with E-state index in [2.05, 4.69) is 10.6 Å². The molecule has 7 rings (SSSR count). The van der Waals surface area contributed by atoms with Gasteiger partial charge in [-0.3, -0.25) is 19.3 Å². The second-order valence-corrected chi connectivity index (χ2v) is 15.1. The maximum Gasteiger partial charge on any atom is 0.408 e. The Hall–Kier alpha value is -5.79. The fourth-order valence-corrected chi connectivity index (χ4v) is 7.70. The summed E-state index contributed by atoms with van der Waals surface area (Å²) in [6.07, 6.45) is -1.23. The Kier molecular flexibility index (Phi) is 12.8. The molecule has 11 nitrogen and oxygen atoms in total. The van der Waals surface area contributed by atoms with E-state index >= 15 is 0 Å². The first-order valence-corrected chi connectivity index (χ1v) is 19.7. The Morgan fingerprint density at radius 2 is 1.53 bits per heavy atom. The van der Waals surface area contributed by atoms with Crippen LogP contribution in [0, 0.1) is 0 Å².